The Hall–Kier alpha value is -0.640. The first kappa shape index (κ1) is 8.46. The van der Waals surface area contributed by atoms with Gasteiger partial charge in [-0.2, -0.15) is 0 Å². The molecular formula is C7H13FN2O. The first-order valence-electron chi connectivity index (χ1n) is 3.71. The summed E-state index contributed by atoms with van der Waals surface area (Å²) in [7, 11) is 1.88. The van der Waals surface area contributed by atoms with Crippen molar-refractivity contribution in [1.29, 1.82) is 0 Å². The molecule has 0 radical (unpaired) electrons. The van der Waals surface area contributed by atoms with Crippen molar-refractivity contribution >= 4 is 6.41 Å². The summed E-state index contributed by atoms with van der Waals surface area (Å²) in [6.07, 6.45) is 1.06. The normalized spacial score (nSPS) is 32.2. The maximum Gasteiger partial charge on any atom is 0.207 e. The van der Waals surface area contributed by atoms with Crippen LogP contribution in [0.3, 0.4) is 0 Å². The van der Waals surface area contributed by atoms with Crippen LogP contribution in [0.5, 0.6) is 0 Å². The lowest BCUT2D eigenvalue weighted by Crippen LogP contribution is -2.38. The monoisotopic (exact) mass is 160 g/mol. The van der Waals surface area contributed by atoms with E-state index < -0.39 is 5.67 Å². The lowest BCUT2D eigenvalue weighted by Gasteiger charge is -2.17. The van der Waals surface area contributed by atoms with Gasteiger partial charge in [0, 0.05) is 13.1 Å². The molecule has 0 aliphatic carbocycles. The van der Waals surface area contributed by atoms with E-state index in [9.17, 15) is 9.18 Å². The fourth-order valence-corrected chi connectivity index (χ4v) is 1.40. The van der Waals surface area contributed by atoms with Crippen molar-refractivity contribution in [3.8, 4) is 0 Å². The number of rotatable bonds is 3. The number of amides is 1. The lowest BCUT2D eigenvalue weighted by atomic mass is 10.1. The van der Waals surface area contributed by atoms with Crippen LogP contribution in [0.15, 0.2) is 0 Å². The third-order valence-corrected chi connectivity index (χ3v) is 2.00. The Morgan fingerprint density at radius 3 is 3.00 bits per heavy atom. The molecule has 64 valence electrons. The maximum atomic E-state index is 13.5. The highest BCUT2D eigenvalue weighted by Gasteiger charge is 2.36. The highest BCUT2D eigenvalue weighted by molar-refractivity contribution is 5.46. The van der Waals surface area contributed by atoms with Crippen molar-refractivity contribution in [2.45, 2.75) is 12.1 Å². The van der Waals surface area contributed by atoms with E-state index in [1.807, 2.05) is 11.9 Å². The molecule has 1 unspecified atom stereocenters. The summed E-state index contributed by atoms with van der Waals surface area (Å²) in [6.45, 7) is 1.34. The van der Waals surface area contributed by atoms with Crippen LogP contribution in [0.25, 0.3) is 0 Å². The number of likely N-dealkylation sites (tertiary alicyclic amines) is 1. The molecule has 0 saturated carbocycles. The molecule has 1 atom stereocenters. The van der Waals surface area contributed by atoms with Crippen molar-refractivity contribution in [2.75, 3.05) is 26.7 Å². The Labute approximate surface area is 65.6 Å². The number of carbonyl (C=O) groups is 1. The van der Waals surface area contributed by atoms with E-state index in [1.165, 1.54) is 0 Å². The van der Waals surface area contributed by atoms with Crippen LogP contribution in [-0.4, -0.2) is 43.7 Å². The fourth-order valence-electron chi connectivity index (χ4n) is 1.40. The predicted molar refractivity (Wildman–Crippen MR) is 40.0 cm³/mol. The minimum absolute atomic E-state index is 0.140. The first-order valence-corrected chi connectivity index (χ1v) is 3.71. The molecule has 0 aromatic heterocycles. The van der Waals surface area contributed by atoms with E-state index >= 15 is 0 Å². The van der Waals surface area contributed by atoms with E-state index in [4.69, 9.17) is 0 Å². The third kappa shape index (κ3) is 2.15. The quantitative estimate of drug-likeness (QED) is 0.579. The smallest absolute Gasteiger partial charge is 0.207 e. The van der Waals surface area contributed by atoms with E-state index in [-0.39, 0.29) is 6.54 Å². The van der Waals surface area contributed by atoms with Gasteiger partial charge >= 0.3 is 0 Å². The number of nitrogens with zero attached hydrogens (tertiary/aromatic N) is 1. The molecule has 1 aliphatic heterocycles. The van der Waals surface area contributed by atoms with Crippen molar-refractivity contribution in [3.05, 3.63) is 0 Å². The van der Waals surface area contributed by atoms with Gasteiger partial charge in [0.1, 0.15) is 5.67 Å². The molecule has 0 bridgehead atoms. The zero-order valence-electron chi connectivity index (χ0n) is 6.64. The number of halogens is 1. The minimum Gasteiger partial charge on any atom is -0.355 e. The SMILES string of the molecule is CN1CCC(F)(CNC=O)C1. The Kier molecular flexibility index (Phi) is 2.44. The highest BCUT2D eigenvalue weighted by atomic mass is 19.1. The van der Waals surface area contributed by atoms with Gasteiger partial charge in [0.05, 0.1) is 6.54 Å². The average Bonchev–Trinajstić information content (AvgIpc) is 2.28. The minimum atomic E-state index is -1.20. The Bertz CT molecular complexity index is 153. The van der Waals surface area contributed by atoms with Gasteiger partial charge < -0.3 is 10.2 Å². The van der Waals surface area contributed by atoms with Gasteiger partial charge in [0.2, 0.25) is 6.41 Å². The summed E-state index contributed by atoms with van der Waals surface area (Å²) < 4.78 is 13.5. The second kappa shape index (κ2) is 3.17. The molecule has 11 heavy (non-hydrogen) atoms. The topological polar surface area (TPSA) is 32.3 Å². The van der Waals surface area contributed by atoms with Crippen LogP contribution >= 0.6 is 0 Å². The van der Waals surface area contributed by atoms with Gasteiger partial charge in [0.15, 0.2) is 0 Å². The van der Waals surface area contributed by atoms with E-state index in [0.29, 0.717) is 19.4 Å². The average molecular weight is 160 g/mol. The number of carbonyl (C=O) groups excluding carboxylic acids is 1. The molecule has 0 aromatic carbocycles. The van der Waals surface area contributed by atoms with Crippen LogP contribution < -0.4 is 5.32 Å². The van der Waals surface area contributed by atoms with Crippen LogP contribution in [0, 0.1) is 0 Å². The van der Waals surface area contributed by atoms with Crippen molar-refractivity contribution < 1.29 is 9.18 Å². The summed E-state index contributed by atoms with van der Waals surface area (Å²) in [5.74, 6) is 0. The van der Waals surface area contributed by atoms with E-state index in [2.05, 4.69) is 5.32 Å². The first-order chi connectivity index (χ1) is 5.16. The molecule has 3 nitrogen and oxygen atoms in total. The largest absolute Gasteiger partial charge is 0.355 e. The standard InChI is InChI=1S/C7H13FN2O/c1-10-3-2-7(8,5-10)4-9-6-11/h6H,2-5H2,1H3,(H,9,11). The Morgan fingerprint density at radius 2 is 2.55 bits per heavy atom. The van der Waals surface area contributed by atoms with Gasteiger partial charge in [-0.1, -0.05) is 0 Å². The van der Waals surface area contributed by atoms with Crippen LogP contribution in [0.2, 0.25) is 0 Å². The summed E-state index contributed by atoms with van der Waals surface area (Å²) in [5.41, 5.74) is -1.20. The maximum absolute atomic E-state index is 13.5. The number of hydrogen-bond acceptors (Lipinski definition) is 2. The molecule has 1 aliphatic rings. The fraction of sp³-hybridized carbons (Fsp3) is 0.857. The molecule has 1 amide bonds. The van der Waals surface area contributed by atoms with E-state index in [0.717, 1.165) is 6.54 Å². The van der Waals surface area contributed by atoms with Gasteiger partial charge in [-0.05, 0) is 13.5 Å². The second-order valence-corrected chi connectivity index (χ2v) is 3.14. The number of hydrogen-bond donors (Lipinski definition) is 1. The summed E-state index contributed by atoms with van der Waals surface area (Å²) in [5, 5.41) is 2.37. The zero-order chi connectivity index (χ0) is 8.32. The molecule has 1 rings (SSSR count). The summed E-state index contributed by atoms with van der Waals surface area (Å²) >= 11 is 0. The molecule has 0 aromatic rings. The molecule has 1 heterocycles. The molecule has 1 fully saturated rings. The van der Waals surface area contributed by atoms with Crippen LogP contribution in [-0.2, 0) is 4.79 Å². The lowest BCUT2D eigenvalue weighted by molar-refractivity contribution is -0.110. The second-order valence-electron chi connectivity index (χ2n) is 3.14. The van der Waals surface area contributed by atoms with Crippen molar-refractivity contribution in [3.63, 3.8) is 0 Å². The van der Waals surface area contributed by atoms with Crippen molar-refractivity contribution in [1.82, 2.24) is 10.2 Å². The molecule has 1 saturated heterocycles. The molecule has 4 heteroatoms. The van der Waals surface area contributed by atoms with Crippen LogP contribution in [0.4, 0.5) is 4.39 Å². The van der Waals surface area contributed by atoms with Gasteiger partial charge in [-0.15, -0.1) is 0 Å². The number of nitrogens with one attached hydrogen (secondary N) is 1. The van der Waals surface area contributed by atoms with Gasteiger partial charge in [0.25, 0.3) is 0 Å². The van der Waals surface area contributed by atoms with Crippen molar-refractivity contribution in [2.24, 2.45) is 0 Å². The van der Waals surface area contributed by atoms with Gasteiger partial charge in [-0.3, -0.25) is 4.79 Å². The molecule has 0 spiro atoms. The zero-order valence-corrected chi connectivity index (χ0v) is 6.64. The van der Waals surface area contributed by atoms with E-state index in [1.54, 1.807) is 0 Å². The van der Waals surface area contributed by atoms with Crippen LogP contribution in [0.1, 0.15) is 6.42 Å². The Balaban J connectivity index is 2.35. The van der Waals surface area contributed by atoms with Gasteiger partial charge in [-0.25, -0.2) is 4.39 Å². The summed E-state index contributed by atoms with van der Waals surface area (Å²) in [4.78, 5) is 11.8. The molecular weight excluding hydrogens is 147 g/mol. The highest BCUT2D eigenvalue weighted by Crippen LogP contribution is 2.23. The predicted octanol–water partition coefficient (Wildman–Crippen LogP) is -0.224. The number of alkyl halides is 1. The molecule has 1 N–H and O–H groups in total. The Morgan fingerprint density at radius 1 is 1.82 bits per heavy atom. The summed E-state index contributed by atoms with van der Waals surface area (Å²) in [6, 6.07) is 0. The third-order valence-electron chi connectivity index (χ3n) is 2.00.